The van der Waals surface area contributed by atoms with Gasteiger partial charge in [0.25, 0.3) is 5.56 Å². The summed E-state index contributed by atoms with van der Waals surface area (Å²) in [6.45, 7) is 3.31. The number of aromatic amines is 1. The second-order valence-corrected chi connectivity index (χ2v) is 6.88. The average molecular weight is 383 g/mol. The molecule has 3 heterocycles. The zero-order valence-electron chi connectivity index (χ0n) is 15.5. The van der Waals surface area contributed by atoms with Gasteiger partial charge in [-0.2, -0.15) is 5.10 Å². The molecule has 3 aromatic rings. The first-order valence-corrected chi connectivity index (χ1v) is 9.34. The lowest BCUT2D eigenvalue weighted by Crippen LogP contribution is -2.43. The van der Waals surface area contributed by atoms with Crippen molar-refractivity contribution >= 4 is 16.8 Å². The number of rotatable bonds is 4. The van der Waals surface area contributed by atoms with E-state index >= 15 is 0 Å². The van der Waals surface area contributed by atoms with Gasteiger partial charge in [0.15, 0.2) is 0 Å². The maximum absolute atomic E-state index is 12.8. The number of nitrogens with one attached hydrogen (secondary N) is 1. The summed E-state index contributed by atoms with van der Waals surface area (Å²) in [5.74, 6) is 0.459. The molecule has 0 unspecified atom stereocenters. The zero-order valence-corrected chi connectivity index (χ0v) is 15.5. The van der Waals surface area contributed by atoms with Crippen molar-refractivity contribution in [1.29, 1.82) is 0 Å². The van der Waals surface area contributed by atoms with Gasteiger partial charge >= 0.3 is 5.69 Å². The molecule has 10 heteroatoms. The Hall–Kier alpha value is -3.30. The fraction of sp³-hybridized carbons (Fsp3) is 0.444. The third kappa shape index (κ3) is 3.21. The van der Waals surface area contributed by atoms with E-state index in [9.17, 15) is 14.4 Å². The molecular formula is C18H21N7O3. The van der Waals surface area contributed by atoms with Crippen LogP contribution in [-0.4, -0.2) is 53.7 Å². The number of H-pyrrole nitrogens is 1. The van der Waals surface area contributed by atoms with Crippen molar-refractivity contribution in [1.82, 2.24) is 34.7 Å². The number of likely N-dealkylation sites (tertiary alicyclic amines) is 1. The molecule has 1 N–H and O–H groups in total. The lowest BCUT2D eigenvalue weighted by atomic mass is 9.97. The minimum Gasteiger partial charge on any atom is -0.340 e. The number of nitrogens with zero attached hydrogens (tertiary/aromatic N) is 6. The van der Waals surface area contributed by atoms with Gasteiger partial charge in [-0.3, -0.25) is 14.2 Å². The van der Waals surface area contributed by atoms with Gasteiger partial charge in [0.2, 0.25) is 5.91 Å². The molecule has 0 radical (unpaired) electrons. The van der Waals surface area contributed by atoms with Gasteiger partial charge in [-0.25, -0.2) is 14.6 Å². The summed E-state index contributed by atoms with van der Waals surface area (Å²) in [4.78, 5) is 38.9. The molecule has 4 rings (SSSR count). The maximum atomic E-state index is 12.8. The van der Waals surface area contributed by atoms with E-state index in [1.807, 2.05) is 6.92 Å². The summed E-state index contributed by atoms with van der Waals surface area (Å²) in [6, 6.07) is 6.92. The summed E-state index contributed by atoms with van der Waals surface area (Å²) in [5, 5.41) is 15.0. The van der Waals surface area contributed by atoms with Gasteiger partial charge in [-0.15, -0.1) is 5.10 Å². The highest BCUT2D eigenvalue weighted by molar-refractivity contribution is 5.78. The molecule has 10 nitrogen and oxygen atoms in total. The molecule has 146 valence electrons. The van der Waals surface area contributed by atoms with E-state index in [4.69, 9.17) is 0 Å². The largest absolute Gasteiger partial charge is 0.343 e. The number of carbonyl (C=O) groups excluding carboxylic acids is 1. The van der Waals surface area contributed by atoms with Crippen molar-refractivity contribution in [2.75, 3.05) is 13.1 Å². The normalized spacial score (nSPS) is 17.2. The van der Waals surface area contributed by atoms with E-state index < -0.39 is 0 Å². The van der Waals surface area contributed by atoms with Gasteiger partial charge in [-0.05, 0) is 31.9 Å². The summed E-state index contributed by atoms with van der Waals surface area (Å²) in [7, 11) is 0. The van der Waals surface area contributed by atoms with Crippen molar-refractivity contribution in [3.63, 3.8) is 0 Å². The molecule has 1 amide bonds. The molecule has 2 aromatic heterocycles. The highest BCUT2D eigenvalue weighted by Gasteiger charge is 2.28. The van der Waals surface area contributed by atoms with Gasteiger partial charge < -0.3 is 4.90 Å². The number of hydrogen-bond donors (Lipinski definition) is 1. The van der Waals surface area contributed by atoms with Crippen LogP contribution in [0.3, 0.4) is 0 Å². The highest BCUT2D eigenvalue weighted by Crippen LogP contribution is 2.25. The fourth-order valence-electron chi connectivity index (χ4n) is 3.72. The minimum absolute atomic E-state index is 0.0176. The lowest BCUT2D eigenvalue weighted by molar-refractivity contribution is -0.133. The van der Waals surface area contributed by atoms with Crippen LogP contribution in [0.5, 0.6) is 0 Å². The average Bonchev–Trinajstić information content (AvgIpc) is 3.11. The molecule has 1 aromatic carbocycles. The van der Waals surface area contributed by atoms with Crippen LogP contribution in [0.1, 0.15) is 31.5 Å². The SMILES string of the molecule is CCn1c([C@@H]2CCCN(C(=O)Cn3nnc4ccccc4c3=O)C2)n[nH]c1=O. The number of piperidine rings is 1. The minimum atomic E-state index is -0.334. The van der Waals surface area contributed by atoms with E-state index in [0.29, 0.717) is 36.4 Å². The van der Waals surface area contributed by atoms with Crippen molar-refractivity contribution in [3.8, 4) is 0 Å². The number of fused-ring (bicyclic) bond motifs is 1. The third-order valence-corrected chi connectivity index (χ3v) is 5.16. The molecule has 1 saturated heterocycles. The number of amides is 1. The van der Waals surface area contributed by atoms with Gasteiger partial charge in [-0.1, -0.05) is 17.3 Å². The van der Waals surface area contributed by atoms with Gasteiger partial charge in [0.1, 0.15) is 17.9 Å². The van der Waals surface area contributed by atoms with E-state index in [-0.39, 0.29) is 29.6 Å². The summed E-state index contributed by atoms with van der Waals surface area (Å²) in [5.41, 5.74) is -0.0659. The number of benzene rings is 1. The maximum Gasteiger partial charge on any atom is 0.343 e. The molecule has 0 bridgehead atoms. The lowest BCUT2D eigenvalue weighted by Gasteiger charge is -2.32. The Morgan fingerprint density at radius 1 is 1.29 bits per heavy atom. The smallest absolute Gasteiger partial charge is 0.340 e. The summed E-state index contributed by atoms with van der Waals surface area (Å²) < 4.78 is 2.70. The second kappa shape index (κ2) is 7.37. The molecule has 28 heavy (non-hydrogen) atoms. The van der Waals surface area contributed by atoms with Crippen molar-refractivity contribution in [3.05, 3.63) is 50.9 Å². The first-order valence-electron chi connectivity index (χ1n) is 9.34. The Bertz CT molecular complexity index is 1130. The topological polar surface area (TPSA) is 119 Å². The second-order valence-electron chi connectivity index (χ2n) is 6.88. The molecule has 0 spiro atoms. The predicted molar refractivity (Wildman–Crippen MR) is 101 cm³/mol. The molecule has 0 aliphatic carbocycles. The molecule has 1 fully saturated rings. The number of aromatic nitrogens is 6. The summed E-state index contributed by atoms with van der Waals surface area (Å²) >= 11 is 0. The van der Waals surface area contributed by atoms with E-state index in [2.05, 4.69) is 20.5 Å². The zero-order chi connectivity index (χ0) is 19.7. The van der Waals surface area contributed by atoms with E-state index in [1.165, 1.54) is 0 Å². The molecule has 1 aliphatic rings. The van der Waals surface area contributed by atoms with E-state index in [1.54, 1.807) is 33.7 Å². The third-order valence-electron chi connectivity index (χ3n) is 5.16. The Morgan fingerprint density at radius 3 is 2.93 bits per heavy atom. The van der Waals surface area contributed by atoms with E-state index in [0.717, 1.165) is 17.5 Å². The molecular weight excluding hydrogens is 362 g/mol. The first kappa shape index (κ1) is 18.1. The van der Waals surface area contributed by atoms with Crippen LogP contribution < -0.4 is 11.2 Å². The van der Waals surface area contributed by atoms with Crippen molar-refractivity contribution in [2.24, 2.45) is 0 Å². The predicted octanol–water partition coefficient (Wildman–Crippen LogP) is 0.102. The van der Waals surface area contributed by atoms with Crippen LogP contribution in [0.4, 0.5) is 0 Å². The van der Waals surface area contributed by atoms with Crippen LogP contribution in [0.2, 0.25) is 0 Å². The molecule has 1 aliphatic heterocycles. The highest BCUT2D eigenvalue weighted by atomic mass is 16.2. The van der Waals surface area contributed by atoms with Crippen LogP contribution >= 0.6 is 0 Å². The Kier molecular flexibility index (Phi) is 4.76. The first-order chi connectivity index (χ1) is 13.6. The monoisotopic (exact) mass is 383 g/mol. The van der Waals surface area contributed by atoms with Gasteiger partial charge in [0.05, 0.1) is 5.39 Å². The fourth-order valence-corrected chi connectivity index (χ4v) is 3.72. The quantitative estimate of drug-likeness (QED) is 0.683. The Labute approximate surface area is 159 Å². The van der Waals surface area contributed by atoms with Crippen molar-refractivity contribution in [2.45, 2.75) is 38.8 Å². The Morgan fingerprint density at radius 2 is 2.11 bits per heavy atom. The van der Waals surface area contributed by atoms with Crippen LogP contribution in [0.15, 0.2) is 33.9 Å². The number of carbonyl (C=O) groups is 1. The van der Waals surface area contributed by atoms with Crippen LogP contribution in [0, 0.1) is 0 Å². The van der Waals surface area contributed by atoms with Gasteiger partial charge in [0, 0.05) is 25.6 Å². The number of hydrogen-bond acceptors (Lipinski definition) is 6. The van der Waals surface area contributed by atoms with Crippen LogP contribution in [0.25, 0.3) is 10.9 Å². The van der Waals surface area contributed by atoms with Crippen molar-refractivity contribution < 1.29 is 4.79 Å². The molecule has 0 saturated carbocycles. The summed E-state index contributed by atoms with van der Waals surface area (Å²) in [6.07, 6.45) is 1.66. The molecule has 1 atom stereocenters. The standard InChI is InChI=1S/C18H21N7O3/c1-2-24-16(20-21-18(24)28)12-6-5-9-23(10-12)15(26)11-25-17(27)13-7-3-4-8-14(13)19-22-25/h3-4,7-8,12H,2,5-6,9-11H2,1H3,(H,21,28)/t12-/m1/s1. The van der Waals surface area contributed by atoms with Crippen LogP contribution in [-0.2, 0) is 17.9 Å². The Balaban J connectivity index is 1.53.